The second-order valence-corrected chi connectivity index (χ2v) is 3.35. The van der Waals surface area contributed by atoms with Crippen LogP contribution in [0.5, 0.6) is 0 Å². The summed E-state index contributed by atoms with van der Waals surface area (Å²) in [5.74, 6) is 0. The lowest BCUT2D eigenvalue weighted by Crippen LogP contribution is -2.11. The molecule has 0 aromatic carbocycles. The van der Waals surface area contributed by atoms with E-state index in [9.17, 15) is 15.2 Å². The molecule has 5 nitrogen and oxygen atoms in total. The van der Waals surface area contributed by atoms with Crippen molar-refractivity contribution in [3.63, 3.8) is 0 Å². The minimum atomic E-state index is -1.22. The minimum absolute atomic E-state index is 0.0925. The quantitative estimate of drug-likeness (QED) is 0.493. The Morgan fingerprint density at radius 1 is 1.50 bits per heavy atom. The predicted molar refractivity (Wildman–Crippen MR) is 51.1 cm³/mol. The SMILES string of the molecule is O=[N+]([O-])CC(O)c1cc(Cl)nc(Cl)c1. The fourth-order valence-corrected chi connectivity index (χ4v) is 1.40. The van der Waals surface area contributed by atoms with Crippen LogP contribution in [0, 0.1) is 10.1 Å². The molecule has 1 rings (SSSR count). The second-order valence-electron chi connectivity index (χ2n) is 2.58. The number of aliphatic hydroxyl groups excluding tert-OH is 1. The first-order valence-corrected chi connectivity index (χ1v) is 4.37. The molecular formula is C7H6Cl2N2O3. The van der Waals surface area contributed by atoms with Gasteiger partial charge in [-0.25, -0.2) is 4.98 Å². The molecule has 0 radical (unpaired) electrons. The van der Waals surface area contributed by atoms with Gasteiger partial charge >= 0.3 is 0 Å². The number of nitro groups is 1. The molecule has 0 spiro atoms. The van der Waals surface area contributed by atoms with E-state index in [4.69, 9.17) is 23.2 Å². The largest absolute Gasteiger partial charge is 0.382 e. The van der Waals surface area contributed by atoms with Crippen LogP contribution in [0.15, 0.2) is 12.1 Å². The van der Waals surface area contributed by atoms with Crippen LogP contribution in [0.2, 0.25) is 10.3 Å². The molecule has 1 atom stereocenters. The van der Waals surface area contributed by atoms with Crippen LogP contribution in [-0.4, -0.2) is 21.6 Å². The first-order chi connectivity index (χ1) is 6.49. The van der Waals surface area contributed by atoms with Crippen molar-refractivity contribution in [2.24, 2.45) is 0 Å². The number of rotatable bonds is 3. The number of hydrogen-bond donors (Lipinski definition) is 1. The molecule has 1 N–H and O–H groups in total. The predicted octanol–water partition coefficient (Wildman–Crippen LogP) is 1.70. The molecule has 0 saturated heterocycles. The summed E-state index contributed by atoms with van der Waals surface area (Å²) in [5.41, 5.74) is 0.284. The monoisotopic (exact) mass is 236 g/mol. The van der Waals surface area contributed by atoms with Crippen molar-refractivity contribution in [1.82, 2.24) is 4.98 Å². The van der Waals surface area contributed by atoms with Crippen LogP contribution in [0.1, 0.15) is 11.7 Å². The molecule has 0 aliphatic carbocycles. The van der Waals surface area contributed by atoms with E-state index in [2.05, 4.69) is 4.98 Å². The van der Waals surface area contributed by atoms with E-state index in [1.807, 2.05) is 0 Å². The molecule has 1 unspecified atom stereocenters. The molecule has 0 aliphatic rings. The zero-order valence-electron chi connectivity index (χ0n) is 6.85. The first kappa shape index (κ1) is 11.2. The third-order valence-electron chi connectivity index (χ3n) is 1.49. The maximum atomic E-state index is 10.1. The molecule has 1 heterocycles. The topological polar surface area (TPSA) is 76.3 Å². The van der Waals surface area contributed by atoms with Gasteiger partial charge in [-0.15, -0.1) is 0 Å². The van der Waals surface area contributed by atoms with E-state index >= 15 is 0 Å². The Hall–Kier alpha value is -0.910. The van der Waals surface area contributed by atoms with Crippen molar-refractivity contribution in [2.75, 3.05) is 6.54 Å². The molecular weight excluding hydrogens is 231 g/mol. The highest BCUT2D eigenvalue weighted by Gasteiger charge is 2.15. The van der Waals surface area contributed by atoms with Gasteiger partial charge in [0.25, 0.3) is 0 Å². The Morgan fingerprint density at radius 2 is 2.00 bits per heavy atom. The highest BCUT2D eigenvalue weighted by Crippen LogP contribution is 2.20. The van der Waals surface area contributed by atoms with Crippen molar-refractivity contribution in [3.8, 4) is 0 Å². The average Bonchev–Trinajstić information content (AvgIpc) is 2.00. The van der Waals surface area contributed by atoms with Crippen LogP contribution < -0.4 is 0 Å². The number of nitrogens with zero attached hydrogens (tertiary/aromatic N) is 2. The van der Waals surface area contributed by atoms with Gasteiger partial charge in [-0.1, -0.05) is 23.2 Å². The molecule has 76 valence electrons. The zero-order chi connectivity index (χ0) is 10.7. The standard InChI is InChI=1S/C7H6Cl2N2O3/c8-6-1-4(2-7(9)10-6)5(12)3-11(13)14/h1-2,5,12H,3H2. The number of hydrogen-bond acceptors (Lipinski definition) is 4. The van der Waals surface area contributed by atoms with Gasteiger partial charge in [-0.3, -0.25) is 10.1 Å². The summed E-state index contributed by atoms with van der Waals surface area (Å²) in [5, 5.41) is 19.7. The first-order valence-electron chi connectivity index (χ1n) is 3.62. The highest BCUT2D eigenvalue weighted by atomic mass is 35.5. The fourth-order valence-electron chi connectivity index (χ4n) is 0.922. The van der Waals surface area contributed by atoms with E-state index < -0.39 is 17.6 Å². The van der Waals surface area contributed by atoms with Gasteiger partial charge in [0.2, 0.25) is 6.54 Å². The van der Waals surface area contributed by atoms with Crippen molar-refractivity contribution >= 4 is 23.2 Å². The molecule has 14 heavy (non-hydrogen) atoms. The second kappa shape index (κ2) is 4.54. The third-order valence-corrected chi connectivity index (χ3v) is 1.88. The van der Waals surface area contributed by atoms with Crippen molar-refractivity contribution in [2.45, 2.75) is 6.10 Å². The normalized spacial score (nSPS) is 12.5. The summed E-state index contributed by atoms with van der Waals surface area (Å²) < 4.78 is 0. The highest BCUT2D eigenvalue weighted by molar-refractivity contribution is 6.32. The third kappa shape index (κ3) is 3.10. The van der Waals surface area contributed by atoms with Crippen molar-refractivity contribution in [1.29, 1.82) is 0 Å². The van der Waals surface area contributed by atoms with E-state index in [1.165, 1.54) is 12.1 Å². The zero-order valence-corrected chi connectivity index (χ0v) is 8.37. The smallest absolute Gasteiger partial charge is 0.233 e. The molecule has 1 aromatic heterocycles. The number of aliphatic hydroxyl groups is 1. The molecule has 0 aliphatic heterocycles. The van der Waals surface area contributed by atoms with E-state index in [0.29, 0.717) is 0 Å². The van der Waals surface area contributed by atoms with Crippen molar-refractivity contribution in [3.05, 3.63) is 38.1 Å². The van der Waals surface area contributed by atoms with E-state index in [1.54, 1.807) is 0 Å². The van der Waals surface area contributed by atoms with Gasteiger partial charge in [0.05, 0.1) is 0 Å². The summed E-state index contributed by atoms with van der Waals surface area (Å²) in [4.78, 5) is 13.1. The van der Waals surface area contributed by atoms with Crippen LogP contribution in [0.3, 0.4) is 0 Å². The lowest BCUT2D eigenvalue weighted by Gasteiger charge is -2.06. The maximum absolute atomic E-state index is 10.1. The van der Waals surface area contributed by atoms with Gasteiger partial charge in [-0.05, 0) is 17.7 Å². The summed E-state index contributed by atoms with van der Waals surface area (Å²) >= 11 is 11.1. The summed E-state index contributed by atoms with van der Waals surface area (Å²) in [6, 6.07) is 2.67. The molecule has 0 amide bonds. The van der Waals surface area contributed by atoms with Gasteiger partial charge in [0, 0.05) is 4.92 Å². The van der Waals surface area contributed by atoms with E-state index in [0.717, 1.165) is 0 Å². The summed E-state index contributed by atoms with van der Waals surface area (Å²) in [6.07, 6.45) is -1.22. The lowest BCUT2D eigenvalue weighted by atomic mass is 10.1. The molecule has 1 aromatic rings. The van der Waals surface area contributed by atoms with Crippen LogP contribution in [-0.2, 0) is 0 Å². The number of aromatic nitrogens is 1. The Morgan fingerprint density at radius 3 is 2.43 bits per heavy atom. The van der Waals surface area contributed by atoms with Gasteiger partial charge in [0.1, 0.15) is 16.4 Å². The molecule has 0 fully saturated rings. The van der Waals surface area contributed by atoms with Crippen molar-refractivity contribution < 1.29 is 10.0 Å². The Kier molecular flexibility index (Phi) is 3.62. The van der Waals surface area contributed by atoms with Crippen LogP contribution in [0.4, 0.5) is 0 Å². The Labute approximate surface area is 89.4 Å². The Balaban J connectivity index is 2.89. The molecule has 7 heteroatoms. The number of halogens is 2. The summed E-state index contributed by atoms with van der Waals surface area (Å²) in [6.45, 7) is -0.587. The molecule has 0 bridgehead atoms. The molecule has 0 saturated carbocycles. The fraction of sp³-hybridized carbons (Fsp3) is 0.286. The lowest BCUT2D eigenvalue weighted by molar-refractivity contribution is -0.491. The summed E-state index contributed by atoms with van der Waals surface area (Å²) in [7, 11) is 0. The number of pyridine rings is 1. The van der Waals surface area contributed by atoms with Crippen LogP contribution in [0.25, 0.3) is 0 Å². The Bertz CT molecular complexity index is 339. The van der Waals surface area contributed by atoms with E-state index in [-0.39, 0.29) is 15.9 Å². The maximum Gasteiger partial charge on any atom is 0.233 e. The van der Waals surface area contributed by atoms with Gasteiger partial charge < -0.3 is 5.11 Å². The minimum Gasteiger partial charge on any atom is -0.382 e. The average molecular weight is 237 g/mol. The van der Waals surface area contributed by atoms with Gasteiger partial charge in [-0.2, -0.15) is 0 Å². The van der Waals surface area contributed by atoms with Crippen LogP contribution >= 0.6 is 23.2 Å². The van der Waals surface area contributed by atoms with Gasteiger partial charge in [0.15, 0.2) is 0 Å².